The van der Waals surface area contributed by atoms with Crippen LogP contribution in [0.5, 0.6) is 11.5 Å². The Balaban J connectivity index is 0.000000330. The van der Waals surface area contributed by atoms with Gasteiger partial charge in [-0.05, 0) is 49.9 Å². The Kier molecular flexibility index (Phi) is 16.7. The predicted octanol–water partition coefficient (Wildman–Crippen LogP) is 7.74. The van der Waals surface area contributed by atoms with Gasteiger partial charge in [0.2, 0.25) is 8.60 Å². The fraction of sp³-hybridized carbons (Fsp3) is 0.571. The third-order valence-electron chi connectivity index (χ3n) is 5.79. The highest BCUT2D eigenvalue weighted by Gasteiger charge is 2.24. The molecule has 0 radical (unpaired) electrons. The van der Waals surface area contributed by atoms with Gasteiger partial charge in [0.15, 0.2) is 0 Å². The Labute approximate surface area is 204 Å². The maximum Gasteiger partial charge on any atom is 0.210 e. The van der Waals surface area contributed by atoms with Gasteiger partial charge < -0.3 is 18.4 Å². The van der Waals surface area contributed by atoms with Crippen LogP contribution in [0.3, 0.4) is 0 Å². The summed E-state index contributed by atoms with van der Waals surface area (Å²) in [4.78, 5) is 11.5. The number of quaternary nitrogens is 1. The Morgan fingerprint density at radius 2 is 0.879 bits per heavy atom. The second kappa shape index (κ2) is 18.8. The Bertz CT molecular complexity index is 605. The average molecular weight is 476 g/mol. The SMILES string of the molecule is CCCC[N+](CCCC)(CCCC)CCCC.[O-]P(Oc1ccccc1)Oc1ccccc1. The van der Waals surface area contributed by atoms with Gasteiger partial charge in [0.25, 0.3) is 0 Å². The van der Waals surface area contributed by atoms with Crippen molar-refractivity contribution in [2.24, 2.45) is 0 Å². The summed E-state index contributed by atoms with van der Waals surface area (Å²) in [5, 5.41) is 0. The quantitative estimate of drug-likeness (QED) is 0.184. The van der Waals surface area contributed by atoms with E-state index in [4.69, 9.17) is 9.05 Å². The Hall–Kier alpha value is -1.61. The minimum absolute atomic E-state index is 0.527. The Morgan fingerprint density at radius 3 is 1.15 bits per heavy atom. The van der Waals surface area contributed by atoms with E-state index in [1.54, 1.807) is 48.5 Å². The molecule has 4 nitrogen and oxygen atoms in total. The summed E-state index contributed by atoms with van der Waals surface area (Å²) in [7, 11) is -2.18. The molecule has 5 heteroatoms. The first kappa shape index (κ1) is 29.4. The van der Waals surface area contributed by atoms with Gasteiger partial charge in [0.05, 0.1) is 26.2 Å². The van der Waals surface area contributed by atoms with E-state index in [0.29, 0.717) is 11.5 Å². The number of para-hydroxylation sites is 2. The van der Waals surface area contributed by atoms with Gasteiger partial charge in [-0.25, -0.2) is 0 Å². The zero-order valence-corrected chi connectivity index (χ0v) is 22.3. The van der Waals surface area contributed by atoms with Gasteiger partial charge in [-0.1, -0.05) is 89.8 Å². The van der Waals surface area contributed by atoms with Crippen molar-refractivity contribution in [1.29, 1.82) is 0 Å². The number of hydrogen-bond acceptors (Lipinski definition) is 3. The molecular weight excluding hydrogens is 429 g/mol. The van der Waals surface area contributed by atoms with Gasteiger partial charge >= 0.3 is 0 Å². The van der Waals surface area contributed by atoms with Crippen LogP contribution in [0.2, 0.25) is 0 Å². The van der Waals surface area contributed by atoms with Crippen LogP contribution in [-0.2, 0) is 0 Å². The molecule has 33 heavy (non-hydrogen) atoms. The number of rotatable bonds is 16. The second-order valence-electron chi connectivity index (χ2n) is 8.68. The van der Waals surface area contributed by atoms with Crippen LogP contribution in [0, 0.1) is 0 Å². The molecule has 0 heterocycles. The minimum atomic E-state index is -2.18. The average Bonchev–Trinajstić information content (AvgIpc) is 2.85. The van der Waals surface area contributed by atoms with Gasteiger partial charge in [-0.15, -0.1) is 0 Å². The molecule has 0 bridgehead atoms. The van der Waals surface area contributed by atoms with Crippen molar-refractivity contribution in [2.75, 3.05) is 26.2 Å². The lowest BCUT2D eigenvalue weighted by atomic mass is 10.1. The monoisotopic (exact) mass is 475 g/mol. The van der Waals surface area contributed by atoms with Crippen molar-refractivity contribution in [2.45, 2.75) is 79.1 Å². The predicted molar refractivity (Wildman–Crippen MR) is 140 cm³/mol. The molecule has 2 rings (SSSR count). The van der Waals surface area contributed by atoms with Crippen LogP contribution in [0.1, 0.15) is 79.1 Å². The van der Waals surface area contributed by atoms with Crippen molar-refractivity contribution in [3.05, 3.63) is 60.7 Å². The van der Waals surface area contributed by atoms with E-state index in [1.165, 1.54) is 82.0 Å². The number of benzene rings is 2. The highest BCUT2D eigenvalue weighted by atomic mass is 31.2. The van der Waals surface area contributed by atoms with E-state index in [2.05, 4.69) is 27.7 Å². The normalized spacial score (nSPS) is 11.1. The first-order valence-electron chi connectivity index (χ1n) is 12.9. The molecule has 0 N–H and O–H groups in total. The van der Waals surface area contributed by atoms with E-state index >= 15 is 0 Å². The zero-order chi connectivity index (χ0) is 24.2. The summed E-state index contributed by atoms with van der Waals surface area (Å²) in [6.45, 7) is 15.0. The molecule has 0 saturated carbocycles. The minimum Gasteiger partial charge on any atom is -0.765 e. The summed E-state index contributed by atoms with van der Waals surface area (Å²) in [6, 6.07) is 17.8. The van der Waals surface area contributed by atoms with Crippen LogP contribution in [-0.4, -0.2) is 30.7 Å². The molecule has 0 unspecified atom stereocenters. The smallest absolute Gasteiger partial charge is 0.210 e. The van der Waals surface area contributed by atoms with Gasteiger partial charge in [0.1, 0.15) is 11.5 Å². The lowest BCUT2D eigenvalue weighted by molar-refractivity contribution is -0.929. The van der Waals surface area contributed by atoms with Gasteiger partial charge in [-0.3, -0.25) is 0 Å². The highest BCUT2D eigenvalue weighted by Crippen LogP contribution is 2.32. The third kappa shape index (κ3) is 13.6. The highest BCUT2D eigenvalue weighted by molar-refractivity contribution is 7.39. The molecule has 0 aliphatic carbocycles. The summed E-state index contributed by atoms with van der Waals surface area (Å²) >= 11 is 0. The van der Waals surface area contributed by atoms with E-state index in [9.17, 15) is 4.89 Å². The molecule has 0 aliphatic rings. The van der Waals surface area contributed by atoms with Crippen molar-refractivity contribution in [1.82, 2.24) is 0 Å². The van der Waals surface area contributed by atoms with Crippen molar-refractivity contribution in [3.8, 4) is 11.5 Å². The molecule has 0 aliphatic heterocycles. The van der Waals surface area contributed by atoms with Crippen LogP contribution in [0.25, 0.3) is 0 Å². The van der Waals surface area contributed by atoms with Crippen molar-refractivity contribution in [3.63, 3.8) is 0 Å². The van der Waals surface area contributed by atoms with Crippen LogP contribution >= 0.6 is 8.60 Å². The molecular formula is C28H46NO3P. The number of nitrogens with zero attached hydrogens (tertiary/aromatic N) is 1. The molecule has 0 spiro atoms. The molecule has 186 valence electrons. The molecule has 0 aromatic heterocycles. The Morgan fingerprint density at radius 1 is 0.576 bits per heavy atom. The zero-order valence-electron chi connectivity index (χ0n) is 21.4. The summed E-state index contributed by atoms with van der Waals surface area (Å²) < 4.78 is 11.6. The molecule has 2 aromatic carbocycles. The first-order valence-corrected chi connectivity index (χ1v) is 14.0. The third-order valence-corrected chi connectivity index (χ3v) is 6.51. The molecule has 2 aromatic rings. The number of hydrogen-bond donors (Lipinski definition) is 0. The maximum absolute atomic E-state index is 11.5. The van der Waals surface area contributed by atoms with Gasteiger partial charge in [0, 0.05) is 0 Å². The summed E-state index contributed by atoms with van der Waals surface area (Å²) in [5.41, 5.74) is 0. The van der Waals surface area contributed by atoms with Crippen LogP contribution in [0.15, 0.2) is 60.7 Å². The van der Waals surface area contributed by atoms with E-state index in [-0.39, 0.29) is 0 Å². The standard InChI is InChI=1S/C16H36N.C12H10O3P/c1-5-9-13-17(14-10-6-2,15-11-7-3)16-12-8-4;13-16(14-11-7-3-1-4-8-11)15-12-9-5-2-6-10-12/h5-16H2,1-4H3;1-10H/q+1;-1. The second-order valence-corrected chi connectivity index (χ2v) is 9.49. The molecule has 0 amide bonds. The number of unbranched alkanes of at least 4 members (excludes halogenated alkanes) is 4. The fourth-order valence-corrected chi connectivity index (χ4v) is 4.42. The van der Waals surface area contributed by atoms with Crippen molar-refractivity contribution >= 4 is 8.60 Å². The van der Waals surface area contributed by atoms with E-state index in [0.717, 1.165) is 0 Å². The van der Waals surface area contributed by atoms with E-state index < -0.39 is 8.60 Å². The lowest BCUT2D eigenvalue weighted by Crippen LogP contribution is -2.50. The molecule has 0 fully saturated rings. The fourth-order valence-electron chi connectivity index (χ4n) is 3.80. The summed E-state index contributed by atoms with van der Waals surface area (Å²) in [6.07, 6.45) is 11.1. The van der Waals surface area contributed by atoms with E-state index in [1.807, 2.05) is 12.1 Å². The maximum atomic E-state index is 11.5. The van der Waals surface area contributed by atoms with Gasteiger partial charge in [-0.2, -0.15) is 0 Å². The summed E-state index contributed by atoms with van der Waals surface area (Å²) in [5.74, 6) is 1.05. The first-order chi connectivity index (χ1) is 16.1. The molecule has 0 saturated heterocycles. The topological polar surface area (TPSA) is 41.5 Å². The van der Waals surface area contributed by atoms with Crippen LogP contribution < -0.4 is 13.9 Å². The largest absolute Gasteiger partial charge is 0.765 e. The van der Waals surface area contributed by atoms with Crippen LogP contribution in [0.4, 0.5) is 0 Å². The lowest BCUT2D eigenvalue weighted by Gasteiger charge is -2.39. The van der Waals surface area contributed by atoms with Crippen molar-refractivity contribution < 1.29 is 18.4 Å². The molecule has 0 atom stereocenters.